The maximum absolute atomic E-state index is 11.7. The van der Waals surface area contributed by atoms with Crippen LogP contribution in [-0.4, -0.2) is 32.4 Å². The normalized spacial score (nSPS) is 13.1. The van der Waals surface area contributed by atoms with E-state index in [2.05, 4.69) is 5.10 Å². The molecule has 0 aliphatic heterocycles. The van der Waals surface area contributed by atoms with Gasteiger partial charge >= 0.3 is 11.9 Å². The van der Waals surface area contributed by atoms with Gasteiger partial charge in [-0.25, -0.2) is 9.59 Å². The fourth-order valence-electron chi connectivity index (χ4n) is 1.43. The first-order valence-corrected chi connectivity index (χ1v) is 5.76. The lowest BCUT2D eigenvalue weighted by atomic mass is 10.2. The summed E-state index contributed by atoms with van der Waals surface area (Å²) < 4.78 is 6.41. The van der Waals surface area contributed by atoms with Crippen LogP contribution in [0.5, 0.6) is 0 Å². The molecule has 6 nitrogen and oxygen atoms in total. The van der Waals surface area contributed by atoms with Crippen molar-refractivity contribution in [1.82, 2.24) is 9.78 Å². The van der Waals surface area contributed by atoms with Gasteiger partial charge in [0.1, 0.15) is 11.6 Å². The fraction of sp³-hybridized carbons (Fsp3) is 0.583. The standard InChI is InChI=1S/C12H18N2O4/c1-5-9(10(15)16)14-7-6-8(13-14)11(17)18-12(2,3)4/h6-7,9H,5H2,1-4H3,(H,15,16). The Balaban J connectivity index is 2.86. The van der Waals surface area contributed by atoms with E-state index in [9.17, 15) is 9.59 Å². The van der Waals surface area contributed by atoms with E-state index in [0.29, 0.717) is 6.42 Å². The van der Waals surface area contributed by atoms with Crippen LogP contribution in [0.25, 0.3) is 0 Å². The summed E-state index contributed by atoms with van der Waals surface area (Å²) >= 11 is 0. The number of carbonyl (C=O) groups is 2. The van der Waals surface area contributed by atoms with Crippen molar-refractivity contribution in [1.29, 1.82) is 0 Å². The zero-order valence-corrected chi connectivity index (χ0v) is 11.0. The Hall–Kier alpha value is -1.85. The Kier molecular flexibility index (Phi) is 4.11. The van der Waals surface area contributed by atoms with Gasteiger partial charge in [-0.2, -0.15) is 5.10 Å². The van der Waals surface area contributed by atoms with Crippen molar-refractivity contribution < 1.29 is 19.4 Å². The van der Waals surface area contributed by atoms with Gasteiger partial charge in [-0.3, -0.25) is 4.68 Å². The molecule has 1 aromatic rings. The minimum atomic E-state index is -0.976. The first-order chi connectivity index (χ1) is 8.24. The van der Waals surface area contributed by atoms with Gasteiger partial charge in [0.05, 0.1) is 0 Å². The van der Waals surface area contributed by atoms with Gasteiger partial charge in [-0.1, -0.05) is 6.92 Å². The lowest BCUT2D eigenvalue weighted by Gasteiger charge is -2.18. The summed E-state index contributed by atoms with van der Waals surface area (Å²) in [6.07, 6.45) is 1.87. The summed E-state index contributed by atoms with van der Waals surface area (Å²) in [7, 11) is 0. The number of aromatic nitrogens is 2. The number of aliphatic carboxylic acids is 1. The van der Waals surface area contributed by atoms with Gasteiger partial charge in [0.2, 0.25) is 0 Å². The van der Waals surface area contributed by atoms with Crippen molar-refractivity contribution in [3.63, 3.8) is 0 Å². The lowest BCUT2D eigenvalue weighted by Crippen LogP contribution is -2.25. The summed E-state index contributed by atoms with van der Waals surface area (Å²) in [5.41, 5.74) is -0.484. The zero-order valence-electron chi connectivity index (χ0n) is 11.0. The van der Waals surface area contributed by atoms with Crippen molar-refractivity contribution in [3.05, 3.63) is 18.0 Å². The molecular weight excluding hydrogens is 236 g/mol. The Morgan fingerprint density at radius 2 is 2.11 bits per heavy atom. The maximum atomic E-state index is 11.7. The highest BCUT2D eigenvalue weighted by molar-refractivity contribution is 5.87. The Bertz CT molecular complexity index is 445. The van der Waals surface area contributed by atoms with Crippen LogP contribution in [0.3, 0.4) is 0 Å². The molecule has 100 valence electrons. The molecule has 0 aliphatic rings. The number of nitrogens with zero attached hydrogens (tertiary/aromatic N) is 2. The second-order valence-corrected chi connectivity index (χ2v) is 4.95. The smallest absolute Gasteiger partial charge is 0.359 e. The molecule has 0 saturated heterocycles. The summed E-state index contributed by atoms with van der Waals surface area (Å²) in [6, 6.07) is 0.695. The molecular formula is C12H18N2O4. The summed E-state index contributed by atoms with van der Waals surface area (Å²) in [5.74, 6) is -1.53. The van der Waals surface area contributed by atoms with Crippen molar-refractivity contribution in [2.45, 2.75) is 45.8 Å². The van der Waals surface area contributed by atoms with Gasteiger partial charge in [0.15, 0.2) is 5.69 Å². The first kappa shape index (κ1) is 14.2. The SMILES string of the molecule is CCC(C(=O)O)n1ccc(C(=O)OC(C)(C)C)n1. The van der Waals surface area contributed by atoms with Crippen LogP contribution >= 0.6 is 0 Å². The summed E-state index contributed by atoms with van der Waals surface area (Å²) in [5, 5.41) is 12.9. The minimum Gasteiger partial charge on any atom is -0.480 e. The summed E-state index contributed by atoms with van der Waals surface area (Å²) in [4.78, 5) is 22.7. The third-order valence-corrected chi connectivity index (χ3v) is 2.21. The fourth-order valence-corrected chi connectivity index (χ4v) is 1.43. The van der Waals surface area contributed by atoms with Crippen molar-refractivity contribution in [2.75, 3.05) is 0 Å². The molecule has 0 saturated carbocycles. The van der Waals surface area contributed by atoms with E-state index in [-0.39, 0.29) is 5.69 Å². The molecule has 1 heterocycles. The first-order valence-electron chi connectivity index (χ1n) is 5.76. The highest BCUT2D eigenvalue weighted by atomic mass is 16.6. The molecule has 0 bridgehead atoms. The van der Waals surface area contributed by atoms with Crippen LogP contribution in [-0.2, 0) is 9.53 Å². The molecule has 0 aromatic carbocycles. The van der Waals surface area contributed by atoms with Gasteiger partial charge in [-0.15, -0.1) is 0 Å². The molecule has 18 heavy (non-hydrogen) atoms. The monoisotopic (exact) mass is 254 g/mol. The quantitative estimate of drug-likeness (QED) is 0.829. The van der Waals surface area contributed by atoms with Crippen molar-refractivity contribution >= 4 is 11.9 Å². The molecule has 1 rings (SSSR count). The average Bonchev–Trinajstić information content (AvgIpc) is 2.64. The number of hydrogen-bond acceptors (Lipinski definition) is 4. The van der Waals surface area contributed by atoms with Crippen LogP contribution in [0.15, 0.2) is 12.3 Å². The molecule has 0 spiro atoms. The predicted molar refractivity (Wildman–Crippen MR) is 64.4 cm³/mol. The highest BCUT2D eigenvalue weighted by Gasteiger charge is 2.23. The van der Waals surface area contributed by atoms with Gasteiger partial charge < -0.3 is 9.84 Å². The van der Waals surface area contributed by atoms with Gasteiger partial charge in [0, 0.05) is 6.20 Å². The van der Waals surface area contributed by atoms with Crippen molar-refractivity contribution in [3.8, 4) is 0 Å². The van der Waals surface area contributed by atoms with Crippen LogP contribution in [0.4, 0.5) is 0 Å². The second-order valence-electron chi connectivity index (χ2n) is 4.95. The van der Waals surface area contributed by atoms with E-state index in [1.165, 1.54) is 16.9 Å². The summed E-state index contributed by atoms with van der Waals surface area (Å²) in [6.45, 7) is 7.02. The maximum Gasteiger partial charge on any atom is 0.359 e. The van der Waals surface area contributed by atoms with Crippen LogP contribution < -0.4 is 0 Å². The number of rotatable bonds is 4. The number of carboxylic acid groups (broad SMARTS) is 1. The van der Waals surface area contributed by atoms with Crippen LogP contribution in [0.1, 0.15) is 50.6 Å². The number of esters is 1. The predicted octanol–water partition coefficient (Wildman–Crippen LogP) is 1.87. The molecule has 1 N–H and O–H groups in total. The number of carbonyl (C=O) groups excluding carboxylic acids is 1. The van der Waals surface area contributed by atoms with E-state index in [1.807, 2.05) is 0 Å². The van der Waals surface area contributed by atoms with Crippen molar-refractivity contribution in [2.24, 2.45) is 0 Å². The third kappa shape index (κ3) is 3.58. The van der Waals surface area contributed by atoms with E-state index < -0.39 is 23.6 Å². The minimum absolute atomic E-state index is 0.115. The molecule has 1 aromatic heterocycles. The lowest BCUT2D eigenvalue weighted by molar-refractivity contribution is -0.141. The Morgan fingerprint density at radius 1 is 1.50 bits per heavy atom. The molecule has 0 aliphatic carbocycles. The molecule has 1 unspecified atom stereocenters. The van der Waals surface area contributed by atoms with E-state index in [1.54, 1.807) is 27.7 Å². The van der Waals surface area contributed by atoms with Crippen LogP contribution in [0.2, 0.25) is 0 Å². The highest BCUT2D eigenvalue weighted by Crippen LogP contribution is 2.14. The molecule has 1 atom stereocenters. The topological polar surface area (TPSA) is 81.4 Å². The Labute approximate surface area is 106 Å². The number of ether oxygens (including phenoxy) is 1. The molecule has 6 heteroatoms. The second kappa shape index (κ2) is 5.20. The van der Waals surface area contributed by atoms with E-state index in [4.69, 9.17) is 9.84 Å². The largest absolute Gasteiger partial charge is 0.480 e. The van der Waals surface area contributed by atoms with Gasteiger partial charge in [0.25, 0.3) is 0 Å². The van der Waals surface area contributed by atoms with E-state index in [0.717, 1.165) is 0 Å². The number of carboxylic acids is 1. The zero-order chi connectivity index (χ0) is 13.9. The van der Waals surface area contributed by atoms with E-state index >= 15 is 0 Å². The Morgan fingerprint density at radius 3 is 2.56 bits per heavy atom. The third-order valence-electron chi connectivity index (χ3n) is 2.21. The van der Waals surface area contributed by atoms with Gasteiger partial charge in [-0.05, 0) is 33.3 Å². The molecule has 0 radical (unpaired) electrons. The van der Waals surface area contributed by atoms with Crippen LogP contribution in [0, 0.1) is 0 Å². The average molecular weight is 254 g/mol. The molecule has 0 amide bonds. The molecule has 0 fully saturated rings. The number of hydrogen-bond donors (Lipinski definition) is 1.